The van der Waals surface area contributed by atoms with Crippen LogP contribution in [0.2, 0.25) is 0 Å². The molecule has 0 nitrogen and oxygen atoms in total. The Balaban J connectivity index is 1.37. The van der Waals surface area contributed by atoms with E-state index in [0.29, 0.717) is 18.8 Å². The van der Waals surface area contributed by atoms with Gasteiger partial charge in [-0.15, -0.1) is 6.58 Å². The Hall–Kier alpha value is -1.18. The summed E-state index contributed by atoms with van der Waals surface area (Å²) in [4.78, 5) is 0. The fourth-order valence-corrected chi connectivity index (χ4v) is 6.76. The summed E-state index contributed by atoms with van der Waals surface area (Å²) in [7, 11) is 0. The predicted molar refractivity (Wildman–Crippen MR) is 117 cm³/mol. The molecule has 1 aromatic rings. The van der Waals surface area contributed by atoms with Crippen molar-refractivity contribution < 1.29 is 8.78 Å². The highest BCUT2D eigenvalue weighted by Crippen LogP contribution is 2.51. The summed E-state index contributed by atoms with van der Waals surface area (Å²) in [5, 5.41) is 0. The molecule has 0 heterocycles. The van der Waals surface area contributed by atoms with Crippen molar-refractivity contribution in [3.8, 4) is 0 Å². The van der Waals surface area contributed by atoms with Crippen LogP contribution in [0.4, 0.5) is 8.78 Å². The summed E-state index contributed by atoms with van der Waals surface area (Å²) >= 11 is 0. The van der Waals surface area contributed by atoms with Crippen LogP contribution in [0.5, 0.6) is 0 Å². The summed E-state index contributed by atoms with van der Waals surface area (Å²) in [5.41, 5.74) is 1.12. The van der Waals surface area contributed by atoms with Crippen LogP contribution in [-0.2, 0) is 6.42 Å². The largest absolute Gasteiger partial charge is 0.207 e. The van der Waals surface area contributed by atoms with Gasteiger partial charge < -0.3 is 0 Å². The highest BCUT2D eigenvalue weighted by atomic mass is 19.1. The van der Waals surface area contributed by atoms with Crippen LogP contribution < -0.4 is 0 Å². The lowest BCUT2D eigenvalue weighted by Gasteiger charge is -2.45. The van der Waals surface area contributed by atoms with Crippen molar-refractivity contribution in [2.24, 2.45) is 29.6 Å². The van der Waals surface area contributed by atoms with Gasteiger partial charge in [0.15, 0.2) is 0 Å². The average molecular weight is 401 g/mol. The van der Waals surface area contributed by atoms with Crippen molar-refractivity contribution in [2.75, 3.05) is 0 Å². The smallest absolute Gasteiger partial charge is 0.129 e. The number of allylic oxidation sites excluding steroid dienone is 1. The standard InChI is InChI=1S/C27H38F2/c1-3-4-5-25-26(28)16-24(17-27(25)29)23-13-12-21-14-20(10-11-22(21)15-23)19-8-6-18(2)7-9-19/h3,16-23H,1,4-15H2,2H3. The molecule has 4 atom stereocenters. The Labute approximate surface area is 176 Å². The van der Waals surface area contributed by atoms with E-state index in [9.17, 15) is 8.78 Å². The molecule has 0 saturated heterocycles. The first-order chi connectivity index (χ1) is 14.0. The van der Waals surface area contributed by atoms with Crippen molar-refractivity contribution in [3.63, 3.8) is 0 Å². The minimum atomic E-state index is -0.362. The van der Waals surface area contributed by atoms with Gasteiger partial charge in [0, 0.05) is 5.56 Å². The quantitative estimate of drug-likeness (QED) is 0.437. The second kappa shape index (κ2) is 9.31. The second-order valence-electron chi connectivity index (χ2n) is 10.4. The molecule has 0 bridgehead atoms. The molecule has 3 aliphatic carbocycles. The number of rotatable bonds is 5. The van der Waals surface area contributed by atoms with Crippen molar-refractivity contribution in [1.82, 2.24) is 0 Å². The lowest BCUT2D eigenvalue weighted by atomic mass is 9.60. The van der Waals surface area contributed by atoms with Crippen LogP contribution in [0.15, 0.2) is 24.8 Å². The van der Waals surface area contributed by atoms with E-state index in [2.05, 4.69) is 13.5 Å². The first-order valence-corrected chi connectivity index (χ1v) is 12.1. The zero-order valence-corrected chi connectivity index (χ0v) is 18.1. The number of hydrogen-bond acceptors (Lipinski definition) is 0. The SMILES string of the molecule is C=CCCc1c(F)cc(C2CCC3CC(C4CCC(C)CC4)CCC3C2)cc1F. The summed E-state index contributed by atoms with van der Waals surface area (Å²) in [5.74, 6) is 4.07. The normalized spacial score (nSPS) is 35.1. The van der Waals surface area contributed by atoms with E-state index in [1.54, 1.807) is 18.2 Å². The summed E-state index contributed by atoms with van der Waals surface area (Å²) in [6.45, 7) is 6.07. The zero-order valence-electron chi connectivity index (χ0n) is 18.1. The van der Waals surface area contributed by atoms with Gasteiger partial charge in [0.05, 0.1) is 0 Å². The molecule has 0 aromatic heterocycles. The second-order valence-corrected chi connectivity index (χ2v) is 10.4. The molecule has 160 valence electrons. The predicted octanol–water partition coefficient (Wildman–Crippen LogP) is 8.21. The van der Waals surface area contributed by atoms with Crippen molar-refractivity contribution >= 4 is 0 Å². The van der Waals surface area contributed by atoms with E-state index < -0.39 is 0 Å². The van der Waals surface area contributed by atoms with Crippen LogP contribution in [0.1, 0.15) is 94.6 Å². The molecule has 0 spiro atoms. The molecule has 0 aliphatic heterocycles. The third-order valence-corrected chi connectivity index (χ3v) is 8.61. The maximum absolute atomic E-state index is 14.5. The molecule has 3 saturated carbocycles. The highest BCUT2D eigenvalue weighted by Gasteiger charge is 2.39. The number of halogens is 2. The van der Waals surface area contributed by atoms with Gasteiger partial charge in [-0.2, -0.15) is 0 Å². The molecular formula is C27H38F2. The van der Waals surface area contributed by atoms with Crippen LogP contribution in [0.3, 0.4) is 0 Å². The van der Waals surface area contributed by atoms with Gasteiger partial charge in [0.2, 0.25) is 0 Å². The van der Waals surface area contributed by atoms with E-state index in [-0.39, 0.29) is 17.2 Å². The average Bonchev–Trinajstić information content (AvgIpc) is 2.73. The van der Waals surface area contributed by atoms with E-state index in [1.807, 2.05) is 0 Å². The van der Waals surface area contributed by atoms with Crippen molar-refractivity contribution in [3.05, 3.63) is 47.5 Å². The molecule has 4 unspecified atom stereocenters. The fourth-order valence-electron chi connectivity index (χ4n) is 6.76. The van der Waals surface area contributed by atoms with Crippen molar-refractivity contribution in [1.29, 1.82) is 0 Å². The molecular weight excluding hydrogens is 362 g/mol. The Kier molecular flexibility index (Phi) is 6.76. The van der Waals surface area contributed by atoms with E-state index in [4.69, 9.17) is 0 Å². The van der Waals surface area contributed by atoms with Gasteiger partial charge >= 0.3 is 0 Å². The maximum atomic E-state index is 14.5. The van der Waals surface area contributed by atoms with Crippen LogP contribution in [0.25, 0.3) is 0 Å². The summed E-state index contributed by atoms with van der Waals surface area (Å²) < 4.78 is 29.1. The third kappa shape index (κ3) is 4.78. The highest BCUT2D eigenvalue weighted by molar-refractivity contribution is 5.29. The molecule has 2 heteroatoms. The zero-order chi connectivity index (χ0) is 20.4. The number of hydrogen-bond donors (Lipinski definition) is 0. The van der Waals surface area contributed by atoms with Gasteiger partial charge in [-0.3, -0.25) is 0 Å². The molecule has 3 fully saturated rings. The monoisotopic (exact) mass is 400 g/mol. The fraction of sp³-hybridized carbons (Fsp3) is 0.704. The molecule has 3 aliphatic rings. The summed E-state index contributed by atoms with van der Waals surface area (Å²) in [6.07, 6.45) is 16.1. The number of fused-ring (bicyclic) bond motifs is 1. The Morgan fingerprint density at radius 3 is 2.03 bits per heavy atom. The first-order valence-electron chi connectivity index (χ1n) is 12.1. The lowest BCUT2D eigenvalue weighted by Crippen LogP contribution is -2.34. The Morgan fingerprint density at radius 1 is 0.828 bits per heavy atom. The molecule has 1 aromatic carbocycles. The number of benzene rings is 1. The van der Waals surface area contributed by atoms with E-state index in [1.165, 1.54) is 51.4 Å². The van der Waals surface area contributed by atoms with Crippen LogP contribution >= 0.6 is 0 Å². The summed E-state index contributed by atoms with van der Waals surface area (Å²) in [6, 6.07) is 3.25. The van der Waals surface area contributed by atoms with Gasteiger partial charge in [0.25, 0.3) is 0 Å². The first kappa shape index (κ1) is 21.1. The van der Waals surface area contributed by atoms with Gasteiger partial charge in [-0.25, -0.2) is 8.78 Å². The van der Waals surface area contributed by atoms with Gasteiger partial charge in [-0.1, -0.05) is 25.8 Å². The van der Waals surface area contributed by atoms with Gasteiger partial charge in [-0.05, 0) is 117 Å². The molecule has 0 radical (unpaired) electrons. The minimum absolute atomic E-state index is 0.227. The van der Waals surface area contributed by atoms with E-state index in [0.717, 1.165) is 48.0 Å². The van der Waals surface area contributed by atoms with Crippen molar-refractivity contribution in [2.45, 2.75) is 89.9 Å². The third-order valence-electron chi connectivity index (χ3n) is 8.61. The Morgan fingerprint density at radius 2 is 1.38 bits per heavy atom. The molecule has 0 N–H and O–H groups in total. The minimum Gasteiger partial charge on any atom is -0.207 e. The molecule has 0 amide bonds. The van der Waals surface area contributed by atoms with Crippen LogP contribution in [-0.4, -0.2) is 0 Å². The topological polar surface area (TPSA) is 0 Å². The maximum Gasteiger partial charge on any atom is 0.129 e. The Bertz CT molecular complexity index is 677. The molecule has 4 rings (SSSR count). The van der Waals surface area contributed by atoms with E-state index >= 15 is 0 Å². The van der Waals surface area contributed by atoms with Crippen LogP contribution in [0, 0.1) is 41.2 Å². The lowest BCUT2D eigenvalue weighted by molar-refractivity contribution is 0.0731. The molecule has 29 heavy (non-hydrogen) atoms. The van der Waals surface area contributed by atoms with Gasteiger partial charge in [0.1, 0.15) is 11.6 Å².